The van der Waals surface area contributed by atoms with Gasteiger partial charge in [0, 0.05) is 0 Å². The van der Waals surface area contributed by atoms with Gasteiger partial charge in [-0.25, -0.2) is 9.78 Å². The van der Waals surface area contributed by atoms with Gasteiger partial charge in [0.05, 0.1) is 17.9 Å². The lowest BCUT2D eigenvalue weighted by atomic mass is 10.2. The number of benzene rings is 1. The molecule has 0 fully saturated rings. The van der Waals surface area contributed by atoms with Gasteiger partial charge >= 0.3 is 5.97 Å². The quantitative estimate of drug-likeness (QED) is 0.792. The Morgan fingerprint density at radius 2 is 1.90 bits per heavy atom. The molecule has 0 atom stereocenters. The lowest BCUT2D eigenvalue weighted by Gasteiger charge is -2.08. The molecule has 0 spiro atoms. The van der Waals surface area contributed by atoms with E-state index in [4.69, 9.17) is 9.47 Å². The molecule has 110 valence electrons. The van der Waals surface area contributed by atoms with E-state index in [0.717, 1.165) is 0 Å². The number of aryl methyl sites for hydroxylation is 1. The van der Waals surface area contributed by atoms with E-state index in [1.807, 2.05) is 0 Å². The van der Waals surface area contributed by atoms with E-state index < -0.39 is 11.8 Å². The summed E-state index contributed by atoms with van der Waals surface area (Å²) in [5.74, 6) is -0.742. The van der Waals surface area contributed by atoms with Crippen molar-refractivity contribution in [1.82, 2.24) is 9.97 Å². The van der Waals surface area contributed by atoms with Crippen molar-refractivity contribution in [3.63, 3.8) is 0 Å². The van der Waals surface area contributed by atoms with E-state index in [2.05, 4.69) is 9.97 Å². The molecule has 1 aromatic heterocycles. The Morgan fingerprint density at radius 3 is 2.52 bits per heavy atom. The SMILES string of the molecule is CCOC(=O)c1ccc(Oc2ncnc(CC)c2F)cc1. The minimum Gasteiger partial charge on any atom is -0.462 e. The Morgan fingerprint density at radius 1 is 1.19 bits per heavy atom. The van der Waals surface area contributed by atoms with Crippen LogP contribution in [0, 0.1) is 5.82 Å². The number of aromatic nitrogens is 2. The van der Waals surface area contributed by atoms with Gasteiger partial charge in [-0.15, -0.1) is 0 Å². The first-order valence-corrected chi connectivity index (χ1v) is 6.60. The third-order valence-corrected chi connectivity index (χ3v) is 2.74. The van der Waals surface area contributed by atoms with E-state index in [0.29, 0.717) is 30.0 Å². The fourth-order valence-electron chi connectivity index (χ4n) is 1.69. The maximum Gasteiger partial charge on any atom is 0.338 e. The smallest absolute Gasteiger partial charge is 0.338 e. The Kier molecular flexibility index (Phi) is 4.81. The highest BCUT2D eigenvalue weighted by molar-refractivity contribution is 5.89. The molecule has 21 heavy (non-hydrogen) atoms. The van der Waals surface area contributed by atoms with Gasteiger partial charge < -0.3 is 9.47 Å². The van der Waals surface area contributed by atoms with Crippen LogP contribution in [-0.2, 0) is 11.2 Å². The number of carbonyl (C=O) groups excluding carboxylic acids is 1. The first-order chi connectivity index (χ1) is 10.2. The summed E-state index contributed by atoms with van der Waals surface area (Å²) in [7, 11) is 0. The molecule has 1 heterocycles. The molecule has 0 aliphatic rings. The Hall–Kier alpha value is -2.50. The molecule has 6 heteroatoms. The predicted octanol–water partition coefficient (Wildman–Crippen LogP) is 3.15. The third kappa shape index (κ3) is 3.53. The van der Waals surface area contributed by atoms with Crippen LogP contribution >= 0.6 is 0 Å². The highest BCUT2D eigenvalue weighted by Crippen LogP contribution is 2.23. The molecule has 0 aliphatic carbocycles. The van der Waals surface area contributed by atoms with Gasteiger partial charge in [-0.05, 0) is 37.6 Å². The molecule has 0 N–H and O–H groups in total. The average molecular weight is 290 g/mol. The van der Waals surface area contributed by atoms with E-state index in [1.54, 1.807) is 38.1 Å². The second-order valence-electron chi connectivity index (χ2n) is 4.14. The number of nitrogens with zero attached hydrogens (tertiary/aromatic N) is 2. The number of esters is 1. The zero-order chi connectivity index (χ0) is 15.2. The van der Waals surface area contributed by atoms with Crippen LogP contribution in [-0.4, -0.2) is 22.5 Å². The lowest BCUT2D eigenvalue weighted by molar-refractivity contribution is 0.0526. The normalized spacial score (nSPS) is 10.2. The van der Waals surface area contributed by atoms with Gasteiger partial charge in [0.1, 0.15) is 12.1 Å². The summed E-state index contributed by atoms with van der Waals surface area (Å²) in [5.41, 5.74) is 0.699. The summed E-state index contributed by atoms with van der Waals surface area (Å²) in [5, 5.41) is 0. The molecule has 0 saturated carbocycles. The van der Waals surface area contributed by atoms with Crippen LogP contribution in [0.5, 0.6) is 11.6 Å². The first kappa shape index (κ1) is 14.9. The summed E-state index contributed by atoms with van der Waals surface area (Å²) >= 11 is 0. The number of carbonyl (C=O) groups is 1. The maximum atomic E-state index is 13.9. The van der Waals surface area contributed by atoms with Gasteiger partial charge in [-0.3, -0.25) is 0 Å². The Bertz CT molecular complexity index is 629. The number of halogens is 1. The van der Waals surface area contributed by atoms with Crippen molar-refractivity contribution < 1.29 is 18.7 Å². The highest BCUT2D eigenvalue weighted by atomic mass is 19.1. The molecular weight excluding hydrogens is 275 g/mol. The van der Waals surface area contributed by atoms with Crippen LogP contribution in [0.2, 0.25) is 0 Å². The van der Waals surface area contributed by atoms with E-state index in [9.17, 15) is 9.18 Å². The number of hydrogen-bond acceptors (Lipinski definition) is 5. The van der Waals surface area contributed by atoms with Crippen LogP contribution in [0.3, 0.4) is 0 Å². The minimum absolute atomic E-state index is 0.134. The fourth-order valence-corrected chi connectivity index (χ4v) is 1.69. The summed E-state index contributed by atoms with van der Waals surface area (Å²) in [6, 6.07) is 6.21. The van der Waals surface area contributed by atoms with E-state index in [1.165, 1.54) is 6.33 Å². The van der Waals surface area contributed by atoms with E-state index >= 15 is 0 Å². The molecule has 0 amide bonds. The van der Waals surface area contributed by atoms with Crippen LogP contribution in [0.25, 0.3) is 0 Å². The van der Waals surface area contributed by atoms with Gasteiger partial charge in [0.2, 0.25) is 5.82 Å². The van der Waals surface area contributed by atoms with Crippen molar-refractivity contribution in [2.45, 2.75) is 20.3 Å². The summed E-state index contributed by atoms with van der Waals surface area (Å²) in [4.78, 5) is 19.1. The second-order valence-corrected chi connectivity index (χ2v) is 4.14. The highest BCUT2D eigenvalue weighted by Gasteiger charge is 2.12. The third-order valence-electron chi connectivity index (χ3n) is 2.74. The number of rotatable bonds is 5. The summed E-state index contributed by atoms with van der Waals surface area (Å²) in [6.45, 7) is 3.84. The second kappa shape index (κ2) is 6.78. The number of hydrogen-bond donors (Lipinski definition) is 0. The topological polar surface area (TPSA) is 61.3 Å². The van der Waals surface area contributed by atoms with Crippen molar-refractivity contribution in [2.24, 2.45) is 0 Å². The van der Waals surface area contributed by atoms with Crippen LogP contribution in [0.4, 0.5) is 4.39 Å². The molecule has 0 unspecified atom stereocenters. The van der Waals surface area contributed by atoms with Crippen molar-refractivity contribution >= 4 is 5.97 Å². The Labute approximate surface area is 121 Å². The summed E-state index contributed by atoms with van der Waals surface area (Å²) in [6.07, 6.45) is 1.71. The molecular formula is C15H15FN2O3. The fraction of sp³-hybridized carbons (Fsp3) is 0.267. The van der Waals surface area contributed by atoms with Crippen LogP contribution in [0.15, 0.2) is 30.6 Å². The van der Waals surface area contributed by atoms with Crippen LogP contribution < -0.4 is 4.74 Å². The zero-order valence-electron chi connectivity index (χ0n) is 11.8. The van der Waals surface area contributed by atoms with Crippen molar-refractivity contribution in [3.05, 3.63) is 47.7 Å². The van der Waals surface area contributed by atoms with Crippen molar-refractivity contribution in [3.8, 4) is 11.6 Å². The summed E-state index contributed by atoms with van der Waals surface area (Å²) < 4.78 is 24.2. The van der Waals surface area contributed by atoms with Crippen molar-refractivity contribution in [2.75, 3.05) is 6.61 Å². The van der Waals surface area contributed by atoms with Crippen molar-refractivity contribution in [1.29, 1.82) is 0 Å². The molecule has 1 aromatic carbocycles. The minimum atomic E-state index is -0.575. The molecule has 0 aliphatic heterocycles. The van der Waals surface area contributed by atoms with Gasteiger partial charge in [-0.2, -0.15) is 9.37 Å². The monoisotopic (exact) mass is 290 g/mol. The standard InChI is InChI=1S/C15H15FN2O3/c1-3-12-13(16)14(18-9-17-12)21-11-7-5-10(6-8-11)15(19)20-4-2/h5-9H,3-4H2,1-2H3. The molecule has 0 bridgehead atoms. The molecule has 2 aromatic rings. The Balaban J connectivity index is 2.15. The zero-order valence-corrected chi connectivity index (χ0v) is 11.8. The van der Waals surface area contributed by atoms with Gasteiger partial charge in [-0.1, -0.05) is 6.92 Å². The van der Waals surface area contributed by atoms with Crippen LogP contribution in [0.1, 0.15) is 29.9 Å². The first-order valence-electron chi connectivity index (χ1n) is 6.60. The number of ether oxygens (including phenoxy) is 2. The average Bonchev–Trinajstić information content (AvgIpc) is 2.50. The largest absolute Gasteiger partial charge is 0.462 e. The molecule has 5 nitrogen and oxygen atoms in total. The molecule has 2 rings (SSSR count). The molecule has 0 radical (unpaired) electrons. The lowest BCUT2D eigenvalue weighted by Crippen LogP contribution is -2.04. The van der Waals surface area contributed by atoms with Gasteiger partial charge in [0.15, 0.2) is 0 Å². The van der Waals surface area contributed by atoms with E-state index in [-0.39, 0.29) is 5.88 Å². The van der Waals surface area contributed by atoms with Gasteiger partial charge in [0.25, 0.3) is 5.88 Å². The predicted molar refractivity (Wildman–Crippen MR) is 73.8 cm³/mol. The maximum absolute atomic E-state index is 13.9. The molecule has 0 saturated heterocycles.